The smallest absolute Gasteiger partial charge is 0.138 e. The number of nitrogens with zero attached hydrogens (tertiary/aromatic N) is 4. The summed E-state index contributed by atoms with van der Waals surface area (Å²) < 4.78 is 0. The summed E-state index contributed by atoms with van der Waals surface area (Å²) in [7, 11) is 1.81. The van der Waals surface area contributed by atoms with Gasteiger partial charge in [0, 0.05) is 37.0 Å². The lowest BCUT2D eigenvalue weighted by molar-refractivity contribution is 0.511. The number of benzene rings is 1. The second-order valence-electron chi connectivity index (χ2n) is 5.56. The molecule has 6 nitrogen and oxygen atoms in total. The summed E-state index contributed by atoms with van der Waals surface area (Å²) in [6.07, 6.45) is 3.31. The summed E-state index contributed by atoms with van der Waals surface area (Å²) >= 11 is 0. The van der Waals surface area contributed by atoms with Crippen molar-refractivity contribution in [1.82, 2.24) is 9.88 Å². The van der Waals surface area contributed by atoms with Crippen LogP contribution >= 0.6 is 0 Å². The van der Waals surface area contributed by atoms with Gasteiger partial charge in [0.05, 0.1) is 12.2 Å². The van der Waals surface area contributed by atoms with E-state index in [1.807, 2.05) is 41.3 Å². The molecule has 0 atom stereocenters. The van der Waals surface area contributed by atoms with Crippen LogP contribution in [0.3, 0.4) is 0 Å². The van der Waals surface area contributed by atoms with Crippen LogP contribution in [0.25, 0.3) is 5.76 Å². The van der Waals surface area contributed by atoms with E-state index in [9.17, 15) is 5.11 Å². The molecule has 6 heteroatoms. The summed E-state index contributed by atoms with van der Waals surface area (Å²) in [5.41, 5.74) is 2.55. The topological polar surface area (TPSA) is 73.1 Å². The minimum absolute atomic E-state index is 0.134. The average Bonchev–Trinajstić information content (AvgIpc) is 3.12. The molecule has 24 heavy (non-hydrogen) atoms. The molecule has 4 rings (SSSR count). The summed E-state index contributed by atoms with van der Waals surface area (Å²) in [6, 6.07) is 11.6. The molecule has 0 spiro atoms. The largest absolute Gasteiger partial charge is 0.507 e. The highest BCUT2D eigenvalue weighted by molar-refractivity contribution is 6.19. The quantitative estimate of drug-likeness (QED) is 0.853. The van der Waals surface area contributed by atoms with Crippen LogP contribution in [0.1, 0.15) is 11.1 Å². The maximum Gasteiger partial charge on any atom is 0.138 e. The molecule has 2 aromatic rings. The van der Waals surface area contributed by atoms with E-state index in [4.69, 9.17) is 0 Å². The Balaban J connectivity index is 1.73. The van der Waals surface area contributed by atoms with Crippen LogP contribution in [-0.2, 0) is 0 Å². The van der Waals surface area contributed by atoms with Gasteiger partial charge < -0.3 is 15.3 Å². The molecule has 0 unspecified atom stereocenters. The average molecular weight is 319 g/mol. The minimum Gasteiger partial charge on any atom is -0.507 e. The lowest BCUT2D eigenvalue weighted by atomic mass is 10.1. The van der Waals surface area contributed by atoms with Crippen molar-refractivity contribution in [3.63, 3.8) is 0 Å². The molecule has 2 aliphatic heterocycles. The number of aliphatic hydroxyl groups excluding tert-OH is 1. The molecule has 0 amide bonds. The van der Waals surface area contributed by atoms with Gasteiger partial charge in [0.2, 0.25) is 0 Å². The Labute approximate surface area is 139 Å². The molecule has 3 heterocycles. The number of aliphatic imine (C=N–C) groups is 2. The zero-order chi connectivity index (χ0) is 16.5. The summed E-state index contributed by atoms with van der Waals surface area (Å²) in [5.74, 6) is 2.50. The standard InChI is InChI=1S/C18H17N5O/c1-19-16-7-6-12(11-21-16)15(24)10-17-22-14-5-3-2-4-13(14)18-20-8-9-23(17)18/h2-7,10-11,24H,8-9H2,1H3,(H,19,21)/b15-10-. The van der Waals surface area contributed by atoms with Gasteiger partial charge in [0.15, 0.2) is 0 Å². The molecule has 0 radical (unpaired) electrons. The molecule has 0 aliphatic carbocycles. The number of amidine groups is 2. The van der Waals surface area contributed by atoms with Gasteiger partial charge in [-0.25, -0.2) is 9.98 Å². The van der Waals surface area contributed by atoms with E-state index >= 15 is 0 Å². The zero-order valence-corrected chi connectivity index (χ0v) is 13.3. The van der Waals surface area contributed by atoms with Crippen molar-refractivity contribution >= 4 is 28.9 Å². The molecule has 0 bridgehead atoms. The first-order valence-electron chi connectivity index (χ1n) is 7.81. The Hall–Kier alpha value is -3.15. The fraction of sp³-hybridized carbons (Fsp3) is 0.167. The van der Waals surface area contributed by atoms with Gasteiger partial charge in [-0.15, -0.1) is 0 Å². The highest BCUT2D eigenvalue weighted by Gasteiger charge is 2.28. The molecule has 1 aromatic heterocycles. The third-order valence-electron chi connectivity index (χ3n) is 4.08. The van der Waals surface area contributed by atoms with E-state index in [2.05, 4.69) is 20.3 Å². The van der Waals surface area contributed by atoms with Crippen molar-refractivity contribution in [2.24, 2.45) is 9.98 Å². The Bertz CT molecular complexity index is 867. The van der Waals surface area contributed by atoms with E-state index in [0.717, 1.165) is 36.0 Å². The van der Waals surface area contributed by atoms with Gasteiger partial charge in [-0.3, -0.25) is 4.99 Å². The van der Waals surface area contributed by atoms with E-state index < -0.39 is 0 Å². The molecule has 0 saturated heterocycles. The predicted molar refractivity (Wildman–Crippen MR) is 96.0 cm³/mol. The van der Waals surface area contributed by atoms with Crippen molar-refractivity contribution in [3.8, 4) is 0 Å². The van der Waals surface area contributed by atoms with Crippen molar-refractivity contribution in [3.05, 3.63) is 59.8 Å². The molecule has 2 aliphatic rings. The highest BCUT2D eigenvalue weighted by atomic mass is 16.3. The van der Waals surface area contributed by atoms with Crippen molar-refractivity contribution < 1.29 is 5.11 Å². The molecular formula is C18H17N5O. The van der Waals surface area contributed by atoms with Crippen molar-refractivity contribution in [2.75, 3.05) is 25.5 Å². The fourth-order valence-electron chi connectivity index (χ4n) is 2.85. The first-order valence-corrected chi connectivity index (χ1v) is 7.81. The number of nitrogens with one attached hydrogen (secondary N) is 1. The van der Waals surface area contributed by atoms with Gasteiger partial charge in [-0.05, 0) is 24.3 Å². The van der Waals surface area contributed by atoms with Gasteiger partial charge >= 0.3 is 0 Å². The van der Waals surface area contributed by atoms with E-state index in [0.29, 0.717) is 11.4 Å². The fourth-order valence-corrected chi connectivity index (χ4v) is 2.85. The molecule has 1 aromatic carbocycles. The van der Waals surface area contributed by atoms with Crippen LogP contribution in [0.15, 0.2) is 58.7 Å². The van der Waals surface area contributed by atoms with Gasteiger partial charge in [0.25, 0.3) is 0 Å². The van der Waals surface area contributed by atoms with Crippen molar-refractivity contribution in [2.45, 2.75) is 0 Å². The van der Waals surface area contributed by atoms with Gasteiger partial charge in [-0.1, -0.05) is 12.1 Å². The molecule has 0 saturated carbocycles. The number of hydrogen-bond donors (Lipinski definition) is 2. The second kappa shape index (κ2) is 5.81. The monoisotopic (exact) mass is 319 g/mol. The number of aromatic nitrogens is 1. The normalized spacial score (nSPS) is 16.2. The van der Waals surface area contributed by atoms with Gasteiger partial charge in [0.1, 0.15) is 23.2 Å². The molecule has 0 fully saturated rings. The van der Waals surface area contributed by atoms with Crippen LogP contribution < -0.4 is 5.32 Å². The number of aliphatic hydroxyl groups is 1. The van der Waals surface area contributed by atoms with Crippen LogP contribution in [-0.4, -0.2) is 46.8 Å². The second-order valence-corrected chi connectivity index (χ2v) is 5.56. The van der Waals surface area contributed by atoms with Crippen LogP contribution in [0.2, 0.25) is 0 Å². The van der Waals surface area contributed by atoms with E-state index in [1.54, 1.807) is 19.3 Å². The highest BCUT2D eigenvalue weighted by Crippen LogP contribution is 2.29. The number of para-hydroxylation sites is 1. The third kappa shape index (κ3) is 2.42. The summed E-state index contributed by atoms with van der Waals surface area (Å²) in [4.78, 5) is 15.5. The molecule has 120 valence electrons. The summed E-state index contributed by atoms with van der Waals surface area (Å²) in [5, 5.41) is 13.4. The van der Waals surface area contributed by atoms with Crippen LogP contribution in [0.4, 0.5) is 11.5 Å². The lowest BCUT2D eigenvalue weighted by Crippen LogP contribution is -2.36. The Morgan fingerprint density at radius 2 is 2.12 bits per heavy atom. The number of rotatable bonds is 3. The van der Waals surface area contributed by atoms with E-state index in [-0.39, 0.29) is 5.76 Å². The van der Waals surface area contributed by atoms with E-state index in [1.165, 1.54) is 0 Å². The molecule has 2 N–H and O–H groups in total. The maximum absolute atomic E-state index is 10.5. The number of pyridine rings is 1. The summed E-state index contributed by atoms with van der Waals surface area (Å²) in [6.45, 7) is 1.50. The maximum atomic E-state index is 10.5. The zero-order valence-electron chi connectivity index (χ0n) is 13.3. The number of hydrogen-bond acceptors (Lipinski definition) is 6. The van der Waals surface area contributed by atoms with Gasteiger partial charge in [-0.2, -0.15) is 0 Å². The Morgan fingerprint density at radius 3 is 2.92 bits per heavy atom. The first kappa shape index (κ1) is 14.4. The van der Waals surface area contributed by atoms with Crippen molar-refractivity contribution in [1.29, 1.82) is 0 Å². The predicted octanol–water partition coefficient (Wildman–Crippen LogP) is 2.83. The Morgan fingerprint density at radius 1 is 1.25 bits per heavy atom. The molecular weight excluding hydrogens is 302 g/mol. The van der Waals surface area contributed by atoms with Crippen LogP contribution in [0, 0.1) is 0 Å². The number of fused-ring (bicyclic) bond motifs is 3. The number of anilines is 1. The third-order valence-corrected chi connectivity index (χ3v) is 4.08. The first-order chi connectivity index (χ1) is 11.8. The lowest BCUT2D eigenvalue weighted by Gasteiger charge is -2.25. The van der Waals surface area contributed by atoms with Crippen LogP contribution in [0.5, 0.6) is 0 Å². The SMILES string of the molecule is CNc1ccc(/C(O)=C/C2=Nc3ccccc3C3=NCCN23)cn1. The Kier molecular flexibility index (Phi) is 3.49. The minimum atomic E-state index is 0.134.